The number of carbonyl (C=O) groups excluding carboxylic acids is 1. The molecule has 1 saturated carbocycles. The highest BCUT2D eigenvalue weighted by molar-refractivity contribution is 7.21. The first-order valence-corrected chi connectivity index (χ1v) is 9.36. The highest BCUT2D eigenvalue weighted by atomic mass is 32.1. The van der Waals surface area contributed by atoms with Crippen LogP contribution in [-0.2, 0) is 4.79 Å². The van der Waals surface area contributed by atoms with E-state index >= 15 is 0 Å². The summed E-state index contributed by atoms with van der Waals surface area (Å²) < 4.78 is 1.17. The lowest BCUT2D eigenvalue weighted by Gasteiger charge is -2.12. The first kappa shape index (κ1) is 15.3. The topological polar surface area (TPSA) is 42.0 Å². The lowest BCUT2D eigenvalue weighted by Crippen LogP contribution is -2.15. The molecule has 122 valence electrons. The Kier molecular flexibility index (Phi) is 4.30. The van der Waals surface area contributed by atoms with E-state index in [1.54, 1.807) is 11.3 Å². The van der Waals surface area contributed by atoms with Gasteiger partial charge in [0.25, 0.3) is 0 Å². The SMILES string of the molecule is O=C(CC1CCCC1)Nc1ccccc1-c1nc2ccccc2s1. The molecular weight excluding hydrogens is 316 g/mol. The Labute approximate surface area is 145 Å². The molecule has 1 amide bonds. The van der Waals surface area contributed by atoms with Crippen LogP contribution >= 0.6 is 11.3 Å². The minimum absolute atomic E-state index is 0.121. The van der Waals surface area contributed by atoms with Gasteiger partial charge in [-0.2, -0.15) is 0 Å². The average molecular weight is 336 g/mol. The molecule has 0 bridgehead atoms. The van der Waals surface area contributed by atoms with E-state index in [2.05, 4.69) is 11.4 Å². The van der Waals surface area contributed by atoms with E-state index in [0.29, 0.717) is 12.3 Å². The van der Waals surface area contributed by atoms with Crippen molar-refractivity contribution < 1.29 is 4.79 Å². The Morgan fingerprint density at radius 2 is 1.83 bits per heavy atom. The summed E-state index contributed by atoms with van der Waals surface area (Å²) in [6.45, 7) is 0. The molecule has 0 radical (unpaired) electrons. The van der Waals surface area contributed by atoms with Crippen LogP contribution in [-0.4, -0.2) is 10.9 Å². The number of nitrogens with zero attached hydrogens (tertiary/aromatic N) is 1. The van der Waals surface area contributed by atoms with Crippen LogP contribution in [0.2, 0.25) is 0 Å². The van der Waals surface area contributed by atoms with Crippen molar-refractivity contribution in [2.75, 3.05) is 5.32 Å². The number of benzene rings is 2. The van der Waals surface area contributed by atoms with Crippen molar-refractivity contribution in [1.29, 1.82) is 0 Å². The molecule has 1 aromatic heterocycles. The van der Waals surface area contributed by atoms with Gasteiger partial charge >= 0.3 is 0 Å². The lowest BCUT2D eigenvalue weighted by atomic mass is 10.0. The van der Waals surface area contributed by atoms with Crippen molar-refractivity contribution >= 4 is 33.1 Å². The zero-order valence-corrected chi connectivity index (χ0v) is 14.3. The Morgan fingerprint density at radius 1 is 1.08 bits per heavy atom. The van der Waals surface area contributed by atoms with Gasteiger partial charge in [-0.1, -0.05) is 37.1 Å². The van der Waals surface area contributed by atoms with Gasteiger partial charge < -0.3 is 5.32 Å². The summed E-state index contributed by atoms with van der Waals surface area (Å²) in [6, 6.07) is 16.1. The Hall–Kier alpha value is -2.20. The minimum Gasteiger partial charge on any atom is -0.325 e. The van der Waals surface area contributed by atoms with Crippen LogP contribution in [0.3, 0.4) is 0 Å². The van der Waals surface area contributed by atoms with Crippen molar-refractivity contribution in [1.82, 2.24) is 4.98 Å². The van der Waals surface area contributed by atoms with Crippen molar-refractivity contribution in [3.05, 3.63) is 48.5 Å². The number of aromatic nitrogens is 1. The van der Waals surface area contributed by atoms with E-state index < -0.39 is 0 Å². The predicted molar refractivity (Wildman–Crippen MR) is 100 cm³/mol. The van der Waals surface area contributed by atoms with Gasteiger partial charge in [0.15, 0.2) is 0 Å². The fraction of sp³-hybridized carbons (Fsp3) is 0.300. The van der Waals surface area contributed by atoms with E-state index in [1.807, 2.05) is 42.5 Å². The Morgan fingerprint density at radius 3 is 2.67 bits per heavy atom. The summed E-state index contributed by atoms with van der Waals surface area (Å²) in [5.74, 6) is 0.676. The van der Waals surface area contributed by atoms with Crippen molar-refractivity contribution in [2.45, 2.75) is 32.1 Å². The van der Waals surface area contributed by atoms with Gasteiger partial charge in [-0.05, 0) is 43.0 Å². The molecule has 24 heavy (non-hydrogen) atoms. The second kappa shape index (κ2) is 6.73. The van der Waals surface area contributed by atoms with Gasteiger partial charge in [0.05, 0.1) is 15.9 Å². The van der Waals surface area contributed by atoms with Crippen LogP contribution in [0.4, 0.5) is 5.69 Å². The monoisotopic (exact) mass is 336 g/mol. The van der Waals surface area contributed by atoms with E-state index in [4.69, 9.17) is 4.98 Å². The van der Waals surface area contributed by atoms with Gasteiger partial charge in [-0.3, -0.25) is 4.79 Å². The summed E-state index contributed by atoms with van der Waals surface area (Å²) >= 11 is 1.66. The summed E-state index contributed by atoms with van der Waals surface area (Å²) in [6.07, 6.45) is 5.54. The molecule has 1 N–H and O–H groups in total. The molecule has 3 aromatic rings. The van der Waals surface area contributed by atoms with Gasteiger partial charge in [0, 0.05) is 12.0 Å². The first-order valence-electron chi connectivity index (χ1n) is 8.54. The minimum atomic E-state index is 0.121. The number of fused-ring (bicyclic) bond motifs is 1. The fourth-order valence-corrected chi connectivity index (χ4v) is 4.45. The molecule has 0 unspecified atom stereocenters. The van der Waals surface area contributed by atoms with Crippen LogP contribution in [0.15, 0.2) is 48.5 Å². The van der Waals surface area contributed by atoms with Crippen molar-refractivity contribution in [3.63, 3.8) is 0 Å². The smallest absolute Gasteiger partial charge is 0.224 e. The molecule has 1 heterocycles. The van der Waals surface area contributed by atoms with E-state index in [-0.39, 0.29) is 5.91 Å². The molecule has 1 aliphatic rings. The number of amides is 1. The molecule has 0 atom stereocenters. The van der Waals surface area contributed by atoms with Crippen LogP contribution in [0.5, 0.6) is 0 Å². The standard InChI is InChI=1S/C20H20N2OS/c23-19(13-14-7-1-2-8-14)21-16-10-4-3-9-15(16)20-22-17-11-5-6-12-18(17)24-20/h3-6,9-12,14H,1-2,7-8,13H2,(H,21,23). The molecule has 0 spiro atoms. The fourth-order valence-electron chi connectivity index (χ4n) is 3.44. The molecule has 1 fully saturated rings. The maximum Gasteiger partial charge on any atom is 0.224 e. The average Bonchev–Trinajstić information content (AvgIpc) is 3.24. The van der Waals surface area contributed by atoms with Crippen LogP contribution < -0.4 is 5.32 Å². The maximum atomic E-state index is 12.4. The molecule has 1 aliphatic carbocycles. The highest BCUT2D eigenvalue weighted by Gasteiger charge is 2.19. The summed E-state index contributed by atoms with van der Waals surface area (Å²) in [4.78, 5) is 17.1. The normalized spacial score (nSPS) is 15.0. The Bertz CT molecular complexity index is 832. The largest absolute Gasteiger partial charge is 0.325 e. The number of rotatable bonds is 4. The Balaban J connectivity index is 1.59. The van der Waals surface area contributed by atoms with Crippen LogP contribution in [0.1, 0.15) is 32.1 Å². The lowest BCUT2D eigenvalue weighted by molar-refractivity contribution is -0.117. The number of nitrogens with one attached hydrogen (secondary N) is 1. The van der Waals surface area contributed by atoms with Crippen LogP contribution in [0, 0.1) is 5.92 Å². The van der Waals surface area contributed by atoms with Crippen LogP contribution in [0.25, 0.3) is 20.8 Å². The first-order chi connectivity index (χ1) is 11.8. The number of thiazole rings is 1. The van der Waals surface area contributed by atoms with E-state index in [0.717, 1.165) is 21.8 Å². The molecule has 3 nitrogen and oxygen atoms in total. The van der Waals surface area contributed by atoms with Gasteiger partial charge in [0.2, 0.25) is 5.91 Å². The summed E-state index contributed by atoms with van der Waals surface area (Å²) in [5, 5.41) is 4.06. The number of para-hydroxylation sites is 2. The predicted octanol–water partition coefficient (Wildman–Crippen LogP) is 5.48. The molecule has 4 heteroatoms. The van der Waals surface area contributed by atoms with Crippen molar-refractivity contribution in [2.24, 2.45) is 5.92 Å². The van der Waals surface area contributed by atoms with Crippen molar-refractivity contribution in [3.8, 4) is 10.6 Å². The second-order valence-corrected chi connectivity index (χ2v) is 7.47. The van der Waals surface area contributed by atoms with Gasteiger partial charge in [-0.15, -0.1) is 11.3 Å². The third-order valence-corrected chi connectivity index (χ3v) is 5.74. The molecule has 4 rings (SSSR count). The third kappa shape index (κ3) is 3.20. The van der Waals surface area contributed by atoms with E-state index in [1.165, 1.54) is 30.4 Å². The highest BCUT2D eigenvalue weighted by Crippen LogP contribution is 2.35. The number of hydrogen-bond donors (Lipinski definition) is 1. The molecule has 0 saturated heterocycles. The number of carbonyl (C=O) groups is 1. The molecular formula is C20H20N2OS. The second-order valence-electron chi connectivity index (χ2n) is 6.44. The zero-order chi connectivity index (χ0) is 16.4. The zero-order valence-electron chi connectivity index (χ0n) is 13.5. The molecule has 0 aliphatic heterocycles. The number of anilines is 1. The maximum absolute atomic E-state index is 12.4. The third-order valence-electron chi connectivity index (χ3n) is 4.67. The number of hydrogen-bond acceptors (Lipinski definition) is 3. The molecule has 2 aromatic carbocycles. The summed E-state index contributed by atoms with van der Waals surface area (Å²) in [7, 11) is 0. The van der Waals surface area contributed by atoms with E-state index in [9.17, 15) is 4.79 Å². The van der Waals surface area contributed by atoms with Gasteiger partial charge in [0.1, 0.15) is 5.01 Å². The van der Waals surface area contributed by atoms with Gasteiger partial charge in [-0.25, -0.2) is 4.98 Å². The summed E-state index contributed by atoms with van der Waals surface area (Å²) in [5.41, 5.74) is 2.86. The quantitative estimate of drug-likeness (QED) is 0.685.